The molecule has 0 aromatic heterocycles. The summed E-state index contributed by atoms with van der Waals surface area (Å²) in [5, 5.41) is 9.82. The molecule has 0 radical (unpaired) electrons. The van der Waals surface area contributed by atoms with Crippen molar-refractivity contribution in [1.82, 2.24) is 4.90 Å². The number of phenols is 1. The first kappa shape index (κ1) is 18.4. The molecule has 138 valence electrons. The number of halogens is 2. The van der Waals surface area contributed by atoms with E-state index in [1.165, 1.54) is 6.07 Å². The minimum Gasteiger partial charge on any atom is -0.508 e. The summed E-state index contributed by atoms with van der Waals surface area (Å²) in [7, 11) is 0. The van der Waals surface area contributed by atoms with Gasteiger partial charge in [0.05, 0.1) is 0 Å². The number of benzene rings is 2. The highest BCUT2D eigenvalue weighted by atomic mass is 19.2. The van der Waals surface area contributed by atoms with Crippen LogP contribution in [-0.2, 0) is 6.42 Å². The monoisotopic (exact) mass is 359 g/mol. The SMILES string of the molecule is Cc1c(O)cccc1C(=O)N1CCC[C@H](CCc2ccc(F)c(F)c2)C1. The summed E-state index contributed by atoms with van der Waals surface area (Å²) < 4.78 is 26.3. The van der Waals surface area contributed by atoms with Crippen LogP contribution in [0.2, 0.25) is 0 Å². The molecule has 0 bridgehead atoms. The van der Waals surface area contributed by atoms with Crippen molar-refractivity contribution in [2.75, 3.05) is 13.1 Å². The molecule has 3 nitrogen and oxygen atoms in total. The molecular formula is C21H23F2NO2. The fraction of sp³-hybridized carbons (Fsp3) is 0.381. The molecule has 0 spiro atoms. The molecule has 1 fully saturated rings. The van der Waals surface area contributed by atoms with Crippen LogP contribution in [-0.4, -0.2) is 29.0 Å². The molecule has 1 saturated heterocycles. The van der Waals surface area contributed by atoms with E-state index in [9.17, 15) is 18.7 Å². The van der Waals surface area contributed by atoms with Gasteiger partial charge in [0.25, 0.3) is 5.91 Å². The molecule has 3 rings (SSSR count). The highest BCUT2D eigenvalue weighted by molar-refractivity contribution is 5.96. The van der Waals surface area contributed by atoms with Crippen LogP contribution in [0, 0.1) is 24.5 Å². The summed E-state index contributed by atoms with van der Waals surface area (Å²) >= 11 is 0. The summed E-state index contributed by atoms with van der Waals surface area (Å²) in [5.74, 6) is -1.25. The largest absolute Gasteiger partial charge is 0.508 e. The first-order chi connectivity index (χ1) is 12.5. The van der Waals surface area contributed by atoms with Gasteiger partial charge in [0.15, 0.2) is 11.6 Å². The number of amides is 1. The van der Waals surface area contributed by atoms with Gasteiger partial charge in [0.2, 0.25) is 0 Å². The summed E-state index contributed by atoms with van der Waals surface area (Å²) in [6.45, 7) is 3.10. The number of carbonyl (C=O) groups excluding carboxylic acids is 1. The number of aryl methyl sites for hydroxylation is 1. The second-order valence-corrected chi connectivity index (χ2v) is 7.00. The van der Waals surface area contributed by atoms with Gasteiger partial charge in [-0.25, -0.2) is 8.78 Å². The van der Waals surface area contributed by atoms with Gasteiger partial charge in [-0.2, -0.15) is 0 Å². The first-order valence-corrected chi connectivity index (χ1v) is 8.97. The topological polar surface area (TPSA) is 40.5 Å². The second kappa shape index (κ2) is 7.85. The normalized spacial score (nSPS) is 17.3. The Hall–Kier alpha value is -2.43. The molecule has 1 aliphatic rings. The Balaban J connectivity index is 1.62. The van der Waals surface area contributed by atoms with Crippen LogP contribution in [0.4, 0.5) is 8.78 Å². The van der Waals surface area contributed by atoms with Gasteiger partial charge >= 0.3 is 0 Å². The van der Waals surface area contributed by atoms with Crippen LogP contribution in [0.25, 0.3) is 0 Å². The van der Waals surface area contributed by atoms with Crippen LogP contribution in [0.1, 0.15) is 40.7 Å². The van der Waals surface area contributed by atoms with Crippen molar-refractivity contribution in [3.8, 4) is 5.75 Å². The van der Waals surface area contributed by atoms with E-state index < -0.39 is 11.6 Å². The van der Waals surface area contributed by atoms with Crippen molar-refractivity contribution in [2.45, 2.75) is 32.6 Å². The molecule has 2 aromatic rings. The zero-order chi connectivity index (χ0) is 18.7. The lowest BCUT2D eigenvalue weighted by atomic mass is 9.91. The average molecular weight is 359 g/mol. The lowest BCUT2D eigenvalue weighted by Crippen LogP contribution is -2.40. The van der Waals surface area contributed by atoms with Crippen molar-refractivity contribution >= 4 is 5.91 Å². The Kier molecular flexibility index (Phi) is 5.55. The average Bonchev–Trinajstić information content (AvgIpc) is 2.64. The maximum atomic E-state index is 13.3. The molecule has 26 heavy (non-hydrogen) atoms. The molecule has 5 heteroatoms. The fourth-order valence-electron chi connectivity index (χ4n) is 3.58. The third-order valence-electron chi connectivity index (χ3n) is 5.17. The van der Waals surface area contributed by atoms with Crippen LogP contribution in [0.3, 0.4) is 0 Å². The number of hydrogen-bond acceptors (Lipinski definition) is 2. The van der Waals surface area contributed by atoms with Crippen LogP contribution < -0.4 is 0 Å². The van der Waals surface area contributed by atoms with Gasteiger partial charge in [-0.15, -0.1) is 0 Å². The minimum atomic E-state index is -0.829. The van der Waals surface area contributed by atoms with E-state index in [4.69, 9.17) is 0 Å². The molecule has 1 aliphatic heterocycles. The standard InChI is InChI=1S/C21H23F2NO2/c1-14-17(5-2-6-20(14)25)21(26)24-11-3-4-16(13-24)8-7-15-9-10-18(22)19(23)12-15/h2,5-6,9-10,12,16,25H,3-4,7-8,11,13H2,1H3/t16-/m1/s1. The molecule has 1 N–H and O–H groups in total. The summed E-state index contributed by atoms with van der Waals surface area (Å²) in [6.07, 6.45) is 3.43. The Labute approximate surface area is 152 Å². The number of likely N-dealkylation sites (tertiary alicyclic amines) is 1. The third-order valence-corrected chi connectivity index (χ3v) is 5.17. The van der Waals surface area contributed by atoms with E-state index in [0.29, 0.717) is 36.6 Å². The quantitative estimate of drug-likeness (QED) is 0.875. The van der Waals surface area contributed by atoms with Crippen molar-refractivity contribution in [2.24, 2.45) is 5.92 Å². The van der Waals surface area contributed by atoms with E-state index in [0.717, 1.165) is 30.9 Å². The van der Waals surface area contributed by atoms with E-state index in [1.54, 1.807) is 31.2 Å². The van der Waals surface area contributed by atoms with Gasteiger partial charge in [-0.1, -0.05) is 12.1 Å². The number of aromatic hydroxyl groups is 1. The van der Waals surface area contributed by atoms with Crippen LogP contribution in [0.15, 0.2) is 36.4 Å². The fourth-order valence-corrected chi connectivity index (χ4v) is 3.58. The Morgan fingerprint density at radius 2 is 2.04 bits per heavy atom. The third kappa shape index (κ3) is 4.03. The second-order valence-electron chi connectivity index (χ2n) is 7.00. The Bertz CT molecular complexity index is 807. The number of phenolic OH excluding ortho intramolecular Hbond substituents is 1. The highest BCUT2D eigenvalue weighted by Crippen LogP contribution is 2.26. The molecular weight excluding hydrogens is 336 g/mol. The molecule has 0 aliphatic carbocycles. The highest BCUT2D eigenvalue weighted by Gasteiger charge is 2.25. The van der Waals surface area contributed by atoms with Crippen molar-refractivity contribution < 1.29 is 18.7 Å². The molecule has 1 amide bonds. The lowest BCUT2D eigenvalue weighted by Gasteiger charge is -2.33. The zero-order valence-corrected chi connectivity index (χ0v) is 14.8. The predicted octanol–water partition coefficient (Wildman–Crippen LogP) is 4.46. The van der Waals surface area contributed by atoms with E-state index in [-0.39, 0.29) is 11.7 Å². The Morgan fingerprint density at radius 3 is 2.81 bits per heavy atom. The number of hydrogen-bond donors (Lipinski definition) is 1. The van der Waals surface area contributed by atoms with Gasteiger partial charge in [-0.05, 0) is 68.4 Å². The van der Waals surface area contributed by atoms with E-state index in [2.05, 4.69) is 0 Å². The maximum absolute atomic E-state index is 13.3. The predicted molar refractivity (Wildman–Crippen MR) is 96.2 cm³/mol. The van der Waals surface area contributed by atoms with Crippen LogP contribution >= 0.6 is 0 Å². The van der Waals surface area contributed by atoms with Crippen LogP contribution in [0.5, 0.6) is 5.75 Å². The molecule has 1 atom stereocenters. The Morgan fingerprint density at radius 1 is 1.23 bits per heavy atom. The van der Waals surface area contributed by atoms with Crippen molar-refractivity contribution in [3.63, 3.8) is 0 Å². The van der Waals surface area contributed by atoms with E-state index >= 15 is 0 Å². The number of rotatable bonds is 4. The van der Waals surface area contributed by atoms with Gasteiger partial charge < -0.3 is 10.0 Å². The first-order valence-electron chi connectivity index (χ1n) is 8.97. The van der Waals surface area contributed by atoms with Gasteiger partial charge in [0.1, 0.15) is 5.75 Å². The smallest absolute Gasteiger partial charge is 0.254 e. The van der Waals surface area contributed by atoms with Gasteiger partial charge in [-0.3, -0.25) is 4.79 Å². The molecule has 1 heterocycles. The zero-order valence-electron chi connectivity index (χ0n) is 14.8. The molecule has 2 aromatic carbocycles. The van der Waals surface area contributed by atoms with Crippen molar-refractivity contribution in [3.05, 3.63) is 64.7 Å². The van der Waals surface area contributed by atoms with E-state index in [1.807, 2.05) is 4.90 Å². The summed E-state index contributed by atoms with van der Waals surface area (Å²) in [5.41, 5.74) is 1.91. The minimum absolute atomic E-state index is 0.0593. The lowest BCUT2D eigenvalue weighted by molar-refractivity contribution is 0.0667. The molecule has 0 unspecified atom stereocenters. The molecule has 0 saturated carbocycles. The van der Waals surface area contributed by atoms with Gasteiger partial charge in [0, 0.05) is 24.2 Å². The summed E-state index contributed by atoms with van der Waals surface area (Å²) in [4.78, 5) is 14.6. The number of nitrogens with zero attached hydrogens (tertiary/aromatic N) is 1. The maximum Gasteiger partial charge on any atom is 0.254 e. The van der Waals surface area contributed by atoms with Crippen molar-refractivity contribution in [1.29, 1.82) is 0 Å². The summed E-state index contributed by atoms with van der Waals surface area (Å²) in [6, 6.07) is 9.01. The number of piperidine rings is 1. The number of carbonyl (C=O) groups is 1.